The number of rotatable bonds is 18. The third-order valence-corrected chi connectivity index (χ3v) is 11.4. The van der Waals surface area contributed by atoms with Crippen LogP contribution >= 0.6 is 11.8 Å². The molecule has 0 saturated carbocycles. The molecule has 19 heteroatoms. The largest absolute Gasteiger partial charge is 0.512 e. The lowest BCUT2D eigenvalue weighted by Crippen LogP contribution is -2.50. The van der Waals surface area contributed by atoms with Crippen molar-refractivity contribution in [1.29, 1.82) is 5.26 Å². The standard InChI is InChI=1S/C42H50F3N7O8S/c1-29(61-34-24-56-40(57-25-34)8-6-5-7-32-10-9-31(23-46)21-36(32)44)42(26-52-28-47-27-48-52,35-12-11-33(43)22-37(35)45)60-41(55)59-30(2)58-39(54)14-13-38(53)51-19-17-50(18-20-51)16-15-49(3)4/h5-12,21-22,27-30,34,40H,13-20,24-26H2,1-4H3/b7-5+,8-6+/t29-,30?,34?,40?,42-/m1/s1. The Morgan fingerprint density at radius 2 is 1.77 bits per heavy atom. The first-order chi connectivity index (χ1) is 29.2. The number of amides is 1. The van der Waals surface area contributed by atoms with Crippen molar-refractivity contribution in [3.05, 3.63) is 101 Å². The second-order valence-electron chi connectivity index (χ2n) is 14.7. The number of piperazine rings is 1. The third kappa shape index (κ3) is 13.9. The summed E-state index contributed by atoms with van der Waals surface area (Å²) in [5, 5.41) is 11.9. The molecule has 0 bridgehead atoms. The van der Waals surface area contributed by atoms with Gasteiger partial charge in [0.25, 0.3) is 0 Å². The first kappa shape index (κ1) is 46.8. The molecule has 3 aromatic rings. The number of halogens is 3. The van der Waals surface area contributed by atoms with Crippen molar-refractivity contribution in [3.63, 3.8) is 0 Å². The number of esters is 1. The van der Waals surface area contributed by atoms with Gasteiger partial charge in [0.05, 0.1) is 43.1 Å². The van der Waals surface area contributed by atoms with Crippen LogP contribution in [0.3, 0.4) is 0 Å². The third-order valence-electron chi connectivity index (χ3n) is 9.94. The SMILES string of the molecule is CC(OC(=O)CCC(=O)N1CCN(CCN(C)C)CC1)OC(=O)O[C@@](Cn1cncn1)(c1ccc(F)cc1F)[C@@H](C)SC1COC(/C=C/C=C/c2ccc(C#N)cc2F)OC1. The van der Waals surface area contributed by atoms with Crippen LogP contribution < -0.4 is 0 Å². The number of likely N-dealkylation sites (N-methyl/N-ethyl adjacent to an activating group) is 1. The molecule has 0 aliphatic carbocycles. The van der Waals surface area contributed by atoms with E-state index in [-0.39, 0.29) is 54.9 Å². The lowest BCUT2D eigenvalue weighted by atomic mass is 9.89. The Kier molecular flexibility index (Phi) is 17.3. The number of hydrogen-bond donors (Lipinski definition) is 0. The van der Waals surface area contributed by atoms with Gasteiger partial charge in [0.15, 0.2) is 11.9 Å². The maximum atomic E-state index is 15.8. The molecule has 328 valence electrons. The van der Waals surface area contributed by atoms with Gasteiger partial charge < -0.3 is 33.5 Å². The fourth-order valence-electron chi connectivity index (χ4n) is 6.63. The van der Waals surface area contributed by atoms with Gasteiger partial charge in [-0.15, -0.1) is 11.8 Å². The Hall–Kier alpha value is -5.26. The van der Waals surface area contributed by atoms with E-state index in [2.05, 4.69) is 19.9 Å². The number of ether oxygens (including phenoxy) is 5. The second kappa shape index (κ2) is 22.5. The van der Waals surface area contributed by atoms with Crippen LogP contribution in [0.15, 0.2) is 67.3 Å². The van der Waals surface area contributed by atoms with E-state index in [1.165, 1.54) is 60.3 Å². The molecule has 1 amide bonds. The molecule has 2 saturated heterocycles. The number of nitriles is 1. The van der Waals surface area contributed by atoms with E-state index in [0.717, 1.165) is 38.3 Å². The van der Waals surface area contributed by atoms with Crippen LogP contribution in [0.25, 0.3) is 6.08 Å². The Morgan fingerprint density at radius 1 is 1.02 bits per heavy atom. The zero-order valence-corrected chi connectivity index (χ0v) is 35.3. The van der Waals surface area contributed by atoms with Crippen molar-refractivity contribution >= 4 is 35.9 Å². The van der Waals surface area contributed by atoms with Crippen molar-refractivity contribution in [2.45, 2.75) is 61.9 Å². The van der Waals surface area contributed by atoms with E-state index in [0.29, 0.717) is 24.7 Å². The minimum atomic E-state index is -1.91. The van der Waals surface area contributed by atoms with E-state index < -0.39 is 53.0 Å². The molecule has 3 atom stereocenters. The lowest BCUT2D eigenvalue weighted by Gasteiger charge is -2.40. The van der Waals surface area contributed by atoms with E-state index in [1.807, 2.05) is 20.2 Å². The van der Waals surface area contributed by atoms with Gasteiger partial charge in [-0.1, -0.05) is 24.3 Å². The highest BCUT2D eigenvalue weighted by Crippen LogP contribution is 2.42. The number of hydrogen-bond acceptors (Lipinski definition) is 14. The Balaban J connectivity index is 1.20. The molecule has 0 radical (unpaired) electrons. The van der Waals surface area contributed by atoms with Crippen LogP contribution in [0, 0.1) is 28.8 Å². The van der Waals surface area contributed by atoms with Gasteiger partial charge in [0.1, 0.15) is 30.1 Å². The van der Waals surface area contributed by atoms with Crippen molar-refractivity contribution in [2.24, 2.45) is 0 Å². The van der Waals surface area contributed by atoms with E-state index in [1.54, 1.807) is 30.1 Å². The first-order valence-electron chi connectivity index (χ1n) is 19.7. The molecule has 5 rings (SSSR count). The number of benzene rings is 2. The Labute approximate surface area is 357 Å². The number of thioether (sulfide) groups is 1. The molecule has 61 heavy (non-hydrogen) atoms. The smallest absolute Gasteiger partial charge is 0.425 e. The summed E-state index contributed by atoms with van der Waals surface area (Å²) in [6.45, 7) is 7.42. The van der Waals surface area contributed by atoms with Crippen LogP contribution in [0.1, 0.15) is 43.4 Å². The summed E-state index contributed by atoms with van der Waals surface area (Å²) < 4.78 is 74.0. The molecule has 3 heterocycles. The number of nitrogens with zero attached hydrogens (tertiary/aromatic N) is 7. The highest BCUT2D eigenvalue weighted by atomic mass is 32.2. The monoisotopic (exact) mass is 869 g/mol. The zero-order valence-electron chi connectivity index (χ0n) is 34.5. The van der Waals surface area contributed by atoms with Crippen molar-refractivity contribution < 1.29 is 51.2 Å². The predicted octanol–water partition coefficient (Wildman–Crippen LogP) is 5.12. The zero-order chi connectivity index (χ0) is 43.9. The van der Waals surface area contributed by atoms with Crippen LogP contribution in [-0.2, 0) is 45.4 Å². The van der Waals surface area contributed by atoms with Gasteiger partial charge in [-0.2, -0.15) is 10.4 Å². The summed E-state index contributed by atoms with van der Waals surface area (Å²) in [5.41, 5.74) is -1.59. The van der Waals surface area contributed by atoms with Gasteiger partial charge in [-0.3, -0.25) is 14.5 Å². The average Bonchev–Trinajstić information content (AvgIpc) is 3.74. The first-order valence-corrected chi connectivity index (χ1v) is 20.6. The maximum absolute atomic E-state index is 15.8. The highest BCUT2D eigenvalue weighted by Gasteiger charge is 2.47. The van der Waals surface area contributed by atoms with Crippen molar-refractivity contribution in [2.75, 3.05) is 66.6 Å². The highest BCUT2D eigenvalue weighted by molar-refractivity contribution is 8.00. The molecule has 1 aromatic heterocycles. The average molecular weight is 870 g/mol. The van der Waals surface area contributed by atoms with E-state index >= 15 is 4.39 Å². The fraction of sp³-hybridized carbons (Fsp3) is 0.476. The number of aromatic nitrogens is 3. The predicted molar refractivity (Wildman–Crippen MR) is 218 cm³/mol. The van der Waals surface area contributed by atoms with Gasteiger partial charge >= 0.3 is 12.1 Å². The number of allylic oxidation sites excluding steroid dienone is 2. The van der Waals surface area contributed by atoms with Crippen LogP contribution in [-0.4, -0.2) is 137 Å². The van der Waals surface area contributed by atoms with Crippen LogP contribution in [0.2, 0.25) is 0 Å². The van der Waals surface area contributed by atoms with Crippen molar-refractivity contribution in [1.82, 2.24) is 29.5 Å². The van der Waals surface area contributed by atoms with Crippen LogP contribution in [0.5, 0.6) is 0 Å². The minimum absolute atomic E-state index is 0.0862. The Bertz CT molecular complexity index is 2040. The lowest BCUT2D eigenvalue weighted by molar-refractivity contribution is -0.172. The van der Waals surface area contributed by atoms with Crippen molar-refractivity contribution in [3.8, 4) is 6.07 Å². The quantitative estimate of drug-likeness (QED) is 0.0941. The summed E-state index contributed by atoms with van der Waals surface area (Å²) in [6, 6.07) is 8.92. The fourth-order valence-corrected chi connectivity index (χ4v) is 7.99. The molecule has 1 unspecified atom stereocenters. The van der Waals surface area contributed by atoms with E-state index in [4.69, 9.17) is 28.9 Å². The molecular weight excluding hydrogens is 820 g/mol. The minimum Gasteiger partial charge on any atom is -0.425 e. The summed E-state index contributed by atoms with van der Waals surface area (Å²) in [5.74, 6) is -3.36. The van der Waals surface area contributed by atoms with E-state index in [9.17, 15) is 23.2 Å². The topological polar surface area (TPSA) is 162 Å². The van der Waals surface area contributed by atoms with Gasteiger partial charge in [-0.25, -0.2) is 27.6 Å². The number of carbonyl (C=O) groups is 3. The molecular formula is C42H50F3N7O8S. The molecule has 2 fully saturated rings. The van der Waals surface area contributed by atoms with Crippen LogP contribution in [0.4, 0.5) is 18.0 Å². The van der Waals surface area contributed by atoms with Gasteiger partial charge in [0.2, 0.25) is 12.2 Å². The molecule has 0 N–H and O–H groups in total. The molecule has 15 nitrogen and oxygen atoms in total. The maximum Gasteiger partial charge on any atom is 0.512 e. The summed E-state index contributed by atoms with van der Waals surface area (Å²) >= 11 is 1.25. The van der Waals surface area contributed by atoms with Gasteiger partial charge in [0, 0.05) is 75.1 Å². The Morgan fingerprint density at radius 3 is 2.43 bits per heavy atom. The molecule has 2 aliphatic rings. The van der Waals surface area contributed by atoms with Gasteiger partial charge in [-0.05, 0) is 51.4 Å². The second-order valence-corrected chi connectivity index (χ2v) is 16.3. The summed E-state index contributed by atoms with van der Waals surface area (Å²) in [4.78, 5) is 49.2. The number of carbonyl (C=O) groups excluding carboxylic acids is 3. The molecule has 2 aliphatic heterocycles. The molecule has 2 aromatic carbocycles. The normalized spacial score (nSPS) is 19.4. The summed E-state index contributed by atoms with van der Waals surface area (Å²) in [7, 11) is 4.01. The summed E-state index contributed by atoms with van der Waals surface area (Å²) in [6.07, 6.45) is 5.14. The molecule has 0 spiro atoms.